The largest absolute Gasteiger partial charge is 0.365 e. The maximum Gasteiger partial charge on any atom is 0.365 e. The first-order valence-corrected chi connectivity index (χ1v) is 4.14. The lowest BCUT2D eigenvalue weighted by Gasteiger charge is -2.48. The number of alkyl halides is 7. The van der Waals surface area contributed by atoms with Gasteiger partial charge in [0.2, 0.25) is 5.83 Å². The third-order valence-electron chi connectivity index (χ3n) is 2.75. The van der Waals surface area contributed by atoms with Crippen LogP contribution in [0.15, 0.2) is 23.1 Å². The molecule has 10 heteroatoms. The van der Waals surface area contributed by atoms with Crippen LogP contribution in [0.4, 0.5) is 43.9 Å². The van der Waals surface area contributed by atoms with Gasteiger partial charge in [-0.3, -0.25) is 0 Å². The fourth-order valence-corrected chi connectivity index (χ4v) is 1.68. The number of halogens is 10. The van der Waals surface area contributed by atoms with Crippen LogP contribution in [0, 0.1) is 0 Å². The number of rotatable bonds is 1. The number of hydrogen-bond donors (Lipinski definition) is 0. The molecule has 0 saturated heterocycles. The molecule has 0 heterocycles. The second kappa shape index (κ2) is 2.85. The summed E-state index contributed by atoms with van der Waals surface area (Å²) in [6.07, 6.45) is 0. The van der Waals surface area contributed by atoms with Gasteiger partial charge in [-0.2, -0.15) is 26.3 Å². The Balaban J connectivity index is 2.65. The molecule has 0 amide bonds. The minimum atomic E-state index is -5.66. The van der Waals surface area contributed by atoms with Crippen LogP contribution in [0.2, 0.25) is 0 Å². The highest BCUT2D eigenvalue weighted by Gasteiger charge is 2.86. The van der Waals surface area contributed by atoms with E-state index in [1.807, 2.05) is 0 Å². The molecule has 0 bridgehead atoms. The molecule has 0 aromatic rings. The van der Waals surface area contributed by atoms with Gasteiger partial charge in [-0.1, -0.05) is 0 Å². The zero-order chi connectivity index (χ0) is 14.3. The van der Waals surface area contributed by atoms with Crippen molar-refractivity contribution in [2.24, 2.45) is 0 Å². The quantitative estimate of drug-likeness (QED) is 0.639. The highest BCUT2D eigenvalue weighted by atomic mass is 19.3. The molecule has 0 aliphatic heterocycles. The lowest BCUT2D eigenvalue weighted by molar-refractivity contribution is -0.237. The lowest BCUT2D eigenvalue weighted by Crippen LogP contribution is -2.67. The first-order chi connectivity index (χ1) is 7.84. The molecular formula is C8F10. The van der Waals surface area contributed by atoms with Crippen LogP contribution in [0.1, 0.15) is 0 Å². The molecular weight excluding hydrogens is 286 g/mol. The van der Waals surface area contributed by atoms with E-state index in [1.54, 1.807) is 0 Å². The molecule has 18 heavy (non-hydrogen) atoms. The van der Waals surface area contributed by atoms with Crippen LogP contribution in [-0.2, 0) is 0 Å². The maximum absolute atomic E-state index is 13.3. The van der Waals surface area contributed by atoms with Gasteiger partial charge in [0.05, 0.1) is 5.57 Å². The zero-order valence-corrected chi connectivity index (χ0v) is 7.78. The summed E-state index contributed by atoms with van der Waals surface area (Å²) >= 11 is 0. The fourth-order valence-electron chi connectivity index (χ4n) is 1.68. The highest BCUT2D eigenvalue weighted by molar-refractivity contribution is 5.58. The first kappa shape index (κ1) is 13.2. The SMILES string of the molecule is FC1=C(C2(F)C(F)=C(F)C2(F)F)C(F)(F)C1(F)F. The Kier molecular flexibility index (Phi) is 2.09. The zero-order valence-electron chi connectivity index (χ0n) is 7.78. The van der Waals surface area contributed by atoms with Crippen molar-refractivity contribution in [1.82, 2.24) is 0 Å². The van der Waals surface area contributed by atoms with E-state index >= 15 is 0 Å². The van der Waals surface area contributed by atoms with E-state index in [9.17, 15) is 43.9 Å². The first-order valence-electron chi connectivity index (χ1n) is 4.14. The smallest absolute Gasteiger partial charge is 0.223 e. The van der Waals surface area contributed by atoms with E-state index in [-0.39, 0.29) is 0 Å². The summed E-state index contributed by atoms with van der Waals surface area (Å²) in [7, 11) is 0. The van der Waals surface area contributed by atoms with Gasteiger partial charge in [0.15, 0.2) is 11.7 Å². The van der Waals surface area contributed by atoms with Gasteiger partial charge >= 0.3 is 17.8 Å². The van der Waals surface area contributed by atoms with E-state index in [0.717, 1.165) is 0 Å². The van der Waals surface area contributed by atoms with Crippen LogP contribution in [-0.4, -0.2) is 23.4 Å². The predicted octanol–water partition coefficient (Wildman–Crippen LogP) is 4.00. The van der Waals surface area contributed by atoms with Gasteiger partial charge in [0.1, 0.15) is 0 Å². The summed E-state index contributed by atoms with van der Waals surface area (Å²) < 4.78 is 126. The highest BCUT2D eigenvalue weighted by Crippen LogP contribution is 2.69. The summed E-state index contributed by atoms with van der Waals surface area (Å²) in [4.78, 5) is 0. The van der Waals surface area contributed by atoms with Crippen LogP contribution >= 0.6 is 0 Å². The minimum absolute atomic E-state index is 3.03. The summed E-state index contributed by atoms with van der Waals surface area (Å²) in [5, 5.41) is 0. The van der Waals surface area contributed by atoms with Crippen molar-refractivity contribution in [2.45, 2.75) is 23.4 Å². The third-order valence-corrected chi connectivity index (χ3v) is 2.75. The van der Waals surface area contributed by atoms with Crippen molar-refractivity contribution in [3.05, 3.63) is 23.1 Å². The molecule has 0 radical (unpaired) electrons. The second-order valence-corrected chi connectivity index (χ2v) is 3.70. The molecule has 0 saturated carbocycles. The molecule has 0 N–H and O–H groups in total. The Labute approximate surface area is 91.6 Å². The van der Waals surface area contributed by atoms with Crippen LogP contribution in [0.5, 0.6) is 0 Å². The van der Waals surface area contributed by atoms with Crippen molar-refractivity contribution in [3.63, 3.8) is 0 Å². The van der Waals surface area contributed by atoms with Crippen LogP contribution < -0.4 is 0 Å². The molecule has 2 aliphatic carbocycles. The van der Waals surface area contributed by atoms with Gasteiger partial charge in [-0.05, 0) is 0 Å². The molecule has 0 nitrogen and oxygen atoms in total. The second-order valence-electron chi connectivity index (χ2n) is 3.70. The van der Waals surface area contributed by atoms with E-state index in [0.29, 0.717) is 0 Å². The van der Waals surface area contributed by atoms with Crippen LogP contribution in [0.25, 0.3) is 0 Å². The van der Waals surface area contributed by atoms with Gasteiger partial charge in [0, 0.05) is 0 Å². The lowest BCUT2D eigenvalue weighted by atomic mass is 9.68. The summed E-state index contributed by atoms with van der Waals surface area (Å²) in [6.45, 7) is 0. The molecule has 102 valence electrons. The monoisotopic (exact) mass is 286 g/mol. The topological polar surface area (TPSA) is 0 Å². The Bertz CT molecular complexity index is 498. The summed E-state index contributed by atoms with van der Waals surface area (Å²) in [5.41, 5.74) is -8.30. The number of allylic oxidation sites excluding steroid dienone is 4. The standard InChI is InChI=1S/C8F10/c9-2-1(6(13,14)8(2,17)18)5(12)3(10)4(11)7(5,15)16. The molecule has 2 rings (SSSR count). The molecule has 2 aliphatic rings. The summed E-state index contributed by atoms with van der Waals surface area (Å²) in [5.74, 6) is -25.9. The van der Waals surface area contributed by atoms with Gasteiger partial charge in [0.25, 0.3) is 5.67 Å². The number of hydrogen-bond acceptors (Lipinski definition) is 0. The fraction of sp³-hybridized carbons (Fsp3) is 0.500. The molecule has 0 aromatic carbocycles. The van der Waals surface area contributed by atoms with E-state index in [1.165, 1.54) is 0 Å². The molecule has 1 atom stereocenters. The van der Waals surface area contributed by atoms with Crippen molar-refractivity contribution >= 4 is 0 Å². The Morgan fingerprint density at radius 2 is 0.944 bits per heavy atom. The average Bonchev–Trinajstić information content (AvgIpc) is 2.25. The van der Waals surface area contributed by atoms with Crippen LogP contribution in [0.3, 0.4) is 0 Å². The van der Waals surface area contributed by atoms with E-state index in [4.69, 9.17) is 0 Å². The third kappa shape index (κ3) is 0.935. The van der Waals surface area contributed by atoms with E-state index < -0.39 is 46.5 Å². The van der Waals surface area contributed by atoms with E-state index in [2.05, 4.69) is 0 Å². The summed E-state index contributed by atoms with van der Waals surface area (Å²) in [6, 6.07) is 0. The molecule has 1 unspecified atom stereocenters. The van der Waals surface area contributed by atoms with Crippen molar-refractivity contribution in [2.75, 3.05) is 0 Å². The average molecular weight is 286 g/mol. The van der Waals surface area contributed by atoms with Crippen molar-refractivity contribution in [3.8, 4) is 0 Å². The Morgan fingerprint density at radius 1 is 0.500 bits per heavy atom. The maximum atomic E-state index is 13.3. The molecule has 0 aromatic heterocycles. The minimum Gasteiger partial charge on any atom is -0.223 e. The molecule has 0 fully saturated rings. The normalized spacial score (nSPS) is 36.3. The molecule has 0 spiro atoms. The predicted molar refractivity (Wildman–Crippen MR) is 36.1 cm³/mol. The Morgan fingerprint density at radius 3 is 1.28 bits per heavy atom. The van der Waals surface area contributed by atoms with Gasteiger partial charge in [-0.15, -0.1) is 0 Å². The van der Waals surface area contributed by atoms with Gasteiger partial charge in [-0.25, -0.2) is 17.6 Å². The van der Waals surface area contributed by atoms with Gasteiger partial charge < -0.3 is 0 Å². The Hall–Kier alpha value is -1.22. The van der Waals surface area contributed by atoms with Crippen molar-refractivity contribution < 1.29 is 43.9 Å². The van der Waals surface area contributed by atoms with Crippen molar-refractivity contribution in [1.29, 1.82) is 0 Å².